The van der Waals surface area contributed by atoms with Crippen LogP contribution in [0.2, 0.25) is 0 Å². The van der Waals surface area contributed by atoms with Crippen LogP contribution in [0.15, 0.2) is 67.3 Å². The molecule has 26 heavy (non-hydrogen) atoms. The molecule has 4 aromatic rings. The van der Waals surface area contributed by atoms with Crippen molar-refractivity contribution in [2.45, 2.75) is 6.92 Å². The van der Waals surface area contributed by atoms with Gasteiger partial charge in [0.25, 0.3) is 0 Å². The Labute approximate surface area is 151 Å². The Morgan fingerprint density at radius 1 is 0.846 bits per heavy atom. The van der Waals surface area contributed by atoms with Gasteiger partial charge in [0.2, 0.25) is 0 Å². The Hall–Kier alpha value is -3.54. The van der Waals surface area contributed by atoms with Gasteiger partial charge < -0.3 is 9.64 Å². The first-order valence-corrected chi connectivity index (χ1v) is 8.21. The fourth-order valence-electron chi connectivity index (χ4n) is 2.66. The number of para-hydroxylation sites is 1. The highest BCUT2D eigenvalue weighted by molar-refractivity contribution is 5.91. The first-order chi connectivity index (χ1) is 12.7. The van der Waals surface area contributed by atoms with Crippen molar-refractivity contribution in [3.63, 3.8) is 0 Å². The summed E-state index contributed by atoms with van der Waals surface area (Å²) < 4.78 is 5.68. The summed E-state index contributed by atoms with van der Waals surface area (Å²) in [4.78, 5) is 19.1. The van der Waals surface area contributed by atoms with Crippen LogP contribution in [0.25, 0.3) is 10.9 Å². The van der Waals surface area contributed by atoms with Gasteiger partial charge in [-0.05, 0) is 48.9 Å². The number of ether oxygens (including phenoxy) is 1. The fraction of sp³-hybridized carbons (Fsp3) is 0.100. The minimum atomic E-state index is 0.332. The Balaban J connectivity index is 1.58. The molecule has 0 aliphatic rings. The highest BCUT2D eigenvalue weighted by Crippen LogP contribution is 2.29. The van der Waals surface area contributed by atoms with Crippen LogP contribution in [-0.4, -0.2) is 27.0 Å². The summed E-state index contributed by atoms with van der Waals surface area (Å²) in [5.74, 6) is 1.53. The maximum Gasteiger partial charge on any atom is 0.321 e. The zero-order valence-electron chi connectivity index (χ0n) is 14.5. The molecule has 128 valence electrons. The van der Waals surface area contributed by atoms with E-state index in [2.05, 4.69) is 19.9 Å². The molecule has 0 fully saturated rings. The van der Waals surface area contributed by atoms with Gasteiger partial charge in [-0.3, -0.25) is 0 Å². The van der Waals surface area contributed by atoms with Crippen molar-refractivity contribution in [2.75, 3.05) is 11.9 Å². The van der Waals surface area contributed by atoms with E-state index in [9.17, 15) is 0 Å². The molecule has 2 heterocycles. The minimum absolute atomic E-state index is 0.332. The summed E-state index contributed by atoms with van der Waals surface area (Å²) in [5.41, 5.74) is 2.90. The van der Waals surface area contributed by atoms with Gasteiger partial charge >= 0.3 is 6.01 Å². The first-order valence-electron chi connectivity index (χ1n) is 8.21. The molecule has 2 aromatic carbocycles. The molecular weight excluding hydrogens is 326 g/mol. The van der Waals surface area contributed by atoms with E-state index >= 15 is 0 Å². The molecule has 6 heteroatoms. The van der Waals surface area contributed by atoms with Crippen molar-refractivity contribution >= 4 is 22.4 Å². The summed E-state index contributed by atoms with van der Waals surface area (Å²) in [6.07, 6.45) is 5.04. The van der Waals surface area contributed by atoms with E-state index in [1.165, 1.54) is 0 Å². The van der Waals surface area contributed by atoms with Crippen LogP contribution in [0.3, 0.4) is 0 Å². The number of aromatic nitrogens is 4. The maximum absolute atomic E-state index is 5.68. The van der Waals surface area contributed by atoms with Gasteiger partial charge in [-0.1, -0.05) is 12.1 Å². The van der Waals surface area contributed by atoms with E-state index in [1.807, 2.05) is 67.4 Å². The second-order valence-electron chi connectivity index (χ2n) is 5.91. The number of aryl methyl sites for hydroxylation is 1. The van der Waals surface area contributed by atoms with E-state index in [-0.39, 0.29) is 0 Å². The summed E-state index contributed by atoms with van der Waals surface area (Å²) in [6.45, 7) is 1.94. The number of nitrogens with zero attached hydrogens (tertiary/aromatic N) is 5. The van der Waals surface area contributed by atoms with Gasteiger partial charge in [0, 0.05) is 30.5 Å². The fourth-order valence-corrected chi connectivity index (χ4v) is 2.66. The lowest BCUT2D eigenvalue weighted by molar-refractivity contribution is 0.441. The lowest BCUT2D eigenvalue weighted by Gasteiger charge is -2.20. The average molecular weight is 343 g/mol. The average Bonchev–Trinajstić information content (AvgIpc) is 2.69. The summed E-state index contributed by atoms with van der Waals surface area (Å²) in [6, 6.07) is 16.0. The zero-order valence-corrected chi connectivity index (χ0v) is 14.5. The SMILES string of the molecule is Cc1cnc(Oc2ccc(N(C)c3ncnc4ccccc34)cc2)nc1. The van der Waals surface area contributed by atoms with Crippen LogP contribution in [0, 0.1) is 6.92 Å². The van der Waals surface area contributed by atoms with Crippen LogP contribution in [-0.2, 0) is 0 Å². The van der Waals surface area contributed by atoms with E-state index < -0.39 is 0 Å². The molecule has 0 aliphatic heterocycles. The van der Waals surface area contributed by atoms with Gasteiger partial charge in [0.05, 0.1) is 5.52 Å². The molecule has 4 rings (SSSR count). The molecule has 0 spiro atoms. The van der Waals surface area contributed by atoms with Crippen molar-refractivity contribution in [1.29, 1.82) is 0 Å². The van der Waals surface area contributed by atoms with Gasteiger partial charge in [0.15, 0.2) is 0 Å². The van der Waals surface area contributed by atoms with Crippen molar-refractivity contribution in [3.8, 4) is 11.8 Å². The zero-order chi connectivity index (χ0) is 17.9. The number of hydrogen-bond donors (Lipinski definition) is 0. The standard InChI is InChI=1S/C20H17N5O/c1-14-11-21-20(22-12-14)26-16-9-7-15(8-10-16)25(2)19-17-5-3-4-6-18(17)23-13-24-19/h3-13H,1-2H3. The van der Waals surface area contributed by atoms with Crippen molar-refractivity contribution < 1.29 is 4.74 Å². The maximum atomic E-state index is 5.68. The van der Waals surface area contributed by atoms with Crippen molar-refractivity contribution in [3.05, 3.63) is 72.8 Å². The topological polar surface area (TPSA) is 64.0 Å². The van der Waals surface area contributed by atoms with Gasteiger partial charge in [-0.25, -0.2) is 19.9 Å². The molecule has 0 radical (unpaired) electrons. The molecule has 0 N–H and O–H groups in total. The predicted molar refractivity (Wildman–Crippen MR) is 101 cm³/mol. The lowest BCUT2D eigenvalue weighted by Crippen LogP contribution is -2.11. The van der Waals surface area contributed by atoms with E-state index in [0.29, 0.717) is 11.8 Å². The number of rotatable bonds is 4. The molecule has 0 bridgehead atoms. The molecule has 0 aliphatic carbocycles. The van der Waals surface area contributed by atoms with Crippen LogP contribution < -0.4 is 9.64 Å². The Kier molecular flexibility index (Phi) is 4.15. The van der Waals surface area contributed by atoms with Gasteiger partial charge in [0.1, 0.15) is 17.9 Å². The van der Waals surface area contributed by atoms with Crippen molar-refractivity contribution in [2.24, 2.45) is 0 Å². The molecule has 6 nitrogen and oxygen atoms in total. The highest BCUT2D eigenvalue weighted by Gasteiger charge is 2.10. The smallest absolute Gasteiger partial charge is 0.321 e. The number of fused-ring (bicyclic) bond motifs is 1. The van der Waals surface area contributed by atoms with Crippen LogP contribution in [0.5, 0.6) is 11.8 Å². The quantitative estimate of drug-likeness (QED) is 0.551. The van der Waals surface area contributed by atoms with E-state index in [4.69, 9.17) is 4.74 Å². The predicted octanol–water partition coefficient (Wildman–Crippen LogP) is 4.29. The third kappa shape index (κ3) is 3.17. The largest absolute Gasteiger partial charge is 0.424 e. The lowest BCUT2D eigenvalue weighted by atomic mass is 10.2. The molecule has 0 unspecified atom stereocenters. The second-order valence-corrected chi connectivity index (χ2v) is 5.91. The van der Waals surface area contributed by atoms with E-state index in [0.717, 1.165) is 28.0 Å². The summed E-state index contributed by atoms with van der Waals surface area (Å²) in [7, 11) is 1.98. The van der Waals surface area contributed by atoms with Gasteiger partial charge in [-0.15, -0.1) is 0 Å². The first kappa shape index (κ1) is 16.0. The third-order valence-corrected chi connectivity index (χ3v) is 4.03. The Morgan fingerprint density at radius 2 is 1.58 bits per heavy atom. The highest BCUT2D eigenvalue weighted by atomic mass is 16.5. The number of benzene rings is 2. The molecule has 2 aromatic heterocycles. The Bertz CT molecular complexity index is 1030. The number of anilines is 2. The molecule has 0 atom stereocenters. The Morgan fingerprint density at radius 3 is 2.35 bits per heavy atom. The normalized spacial score (nSPS) is 10.7. The minimum Gasteiger partial charge on any atom is -0.424 e. The van der Waals surface area contributed by atoms with Crippen LogP contribution >= 0.6 is 0 Å². The van der Waals surface area contributed by atoms with Crippen LogP contribution in [0.1, 0.15) is 5.56 Å². The summed E-state index contributed by atoms with van der Waals surface area (Å²) in [5, 5.41) is 1.01. The molecule has 0 saturated heterocycles. The second kappa shape index (κ2) is 6.76. The third-order valence-electron chi connectivity index (χ3n) is 4.03. The molecular formula is C20H17N5O. The number of hydrogen-bond acceptors (Lipinski definition) is 6. The van der Waals surface area contributed by atoms with E-state index in [1.54, 1.807) is 18.7 Å². The summed E-state index contributed by atoms with van der Waals surface area (Å²) >= 11 is 0. The molecule has 0 saturated carbocycles. The van der Waals surface area contributed by atoms with Crippen LogP contribution in [0.4, 0.5) is 11.5 Å². The van der Waals surface area contributed by atoms with Gasteiger partial charge in [-0.2, -0.15) is 0 Å². The molecule has 0 amide bonds. The van der Waals surface area contributed by atoms with Crippen molar-refractivity contribution in [1.82, 2.24) is 19.9 Å². The monoisotopic (exact) mass is 343 g/mol.